The first kappa shape index (κ1) is 21.9. The summed E-state index contributed by atoms with van der Waals surface area (Å²) in [4.78, 5) is 22.7. The van der Waals surface area contributed by atoms with Crippen molar-refractivity contribution in [1.82, 2.24) is 0 Å². The first-order valence-electron chi connectivity index (χ1n) is 8.29. The zero-order chi connectivity index (χ0) is 21.9. The molecule has 3 aromatic rings. The van der Waals surface area contributed by atoms with Crippen LogP contribution >= 0.6 is 31.9 Å². The minimum atomic E-state index is -3.99. The molecule has 0 aliphatic carbocycles. The summed E-state index contributed by atoms with van der Waals surface area (Å²) in [6.45, 7) is 0. The first-order chi connectivity index (χ1) is 14.2. The van der Waals surface area contributed by atoms with Gasteiger partial charge in [-0.05, 0) is 64.5 Å². The lowest BCUT2D eigenvalue weighted by Gasteiger charge is -2.12. The van der Waals surface area contributed by atoms with Crippen LogP contribution in [0.3, 0.4) is 0 Å². The van der Waals surface area contributed by atoms with Gasteiger partial charge in [0.05, 0.1) is 4.92 Å². The number of nitro benzene ring substituents is 1. The van der Waals surface area contributed by atoms with Gasteiger partial charge in [-0.25, -0.2) is 8.42 Å². The number of carbonyl (C=O) groups is 1. The van der Waals surface area contributed by atoms with Crippen LogP contribution in [0.25, 0.3) is 0 Å². The summed E-state index contributed by atoms with van der Waals surface area (Å²) in [6, 6.07) is 16.1. The molecule has 0 saturated carbocycles. The van der Waals surface area contributed by atoms with E-state index in [-0.39, 0.29) is 26.3 Å². The number of anilines is 2. The highest BCUT2D eigenvalue weighted by Gasteiger charge is 2.20. The number of hydrogen-bond donors (Lipinski definition) is 2. The number of nitrogens with zero attached hydrogens (tertiary/aromatic N) is 1. The molecular weight excluding hydrogens is 542 g/mol. The normalized spacial score (nSPS) is 11.0. The number of halogens is 2. The molecule has 0 unspecified atom stereocenters. The van der Waals surface area contributed by atoms with E-state index >= 15 is 0 Å². The summed E-state index contributed by atoms with van der Waals surface area (Å²) in [5, 5.41) is 13.4. The highest BCUT2D eigenvalue weighted by atomic mass is 79.9. The molecule has 1 amide bonds. The minimum absolute atomic E-state index is 0.0703. The smallest absolute Gasteiger partial charge is 0.271 e. The predicted octanol–water partition coefficient (Wildman–Crippen LogP) is 5.17. The quantitative estimate of drug-likeness (QED) is 0.322. The van der Waals surface area contributed by atoms with Gasteiger partial charge in [0.1, 0.15) is 4.90 Å². The summed E-state index contributed by atoms with van der Waals surface area (Å²) in [5.74, 6) is -0.608. The number of hydrogen-bond acceptors (Lipinski definition) is 5. The molecule has 0 radical (unpaired) electrons. The second kappa shape index (κ2) is 8.94. The fraction of sp³-hybridized carbons (Fsp3) is 0. The van der Waals surface area contributed by atoms with Crippen LogP contribution in [0.5, 0.6) is 0 Å². The van der Waals surface area contributed by atoms with E-state index < -0.39 is 20.9 Å². The maximum Gasteiger partial charge on any atom is 0.271 e. The molecule has 30 heavy (non-hydrogen) atoms. The summed E-state index contributed by atoms with van der Waals surface area (Å²) in [6.07, 6.45) is 0. The SMILES string of the molecule is O=C(Nc1cccc([N+](=O)[O-])c1)c1ccc(Br)c(S(=O)(=O)Nc2ccc(Br)cc2)c1. The largest absolute Gasteiger partial charge is 0.322 e. The van der Waals surface area contributed by atoms with E-state index in [0.29, 0.717) is 5.69 Å². The van der Waals surface area contributed by atoms with Crippen molar-refractivity contribution in [2.45, 2.75) is 4.90 Å². The predicted molar refractivity (Wildman–Crippen MR) is 120 cm³/mol. The summed E-state index contributed by atoms with van der Waals surface area (Å²) in [5.41, 5.74) is 0.470. The number of nitrogens with one attached hydrogen (secondary N) is 2. The van der Waals surface area contributed by atoms with Gasteiger partial charge in [0.15, 0.2) is 0 Å². The van der Waals surface area contributed by atoms with E-state index in [9.17, 15) is 23.3 Å². The van der Waals surface area contributed by atoms with Crippen molar-refractivity contribution in [3.05, 3.63) is 91.4 Å². The summed E-state index contributed by atoms with van der Waals surface area (Å²) < 4.78 is 29.1. The van der Waals surface area contributed by atoms with Crippen molar-refractivity contribution >= 4 is 64.9 Å². The highest BCUT2D eigenvalue weighted by molar-refractivity contribution is 9.10. The lowest BCUT2D eigenvalue weighted by Crippen LogP contribution is -2.16. The Kier molecular flexibility index (Phi) is 6.54. The Morgan fingerprint density at radius 3 is 2.30 bits per heavy atom. The van der Waals surface area contributed by atoms with Crippen LogP contribution in [-0.4, -0.2) is 19.2 Å². The second-order valence-corrected chi connectivity index (χ2v) is 9.44. The molecule has 3 rings (SSSR count). The van der Waals surface area contributed by atoms with E-state index in [1.807, 2.05) is 0 Å². The van der Waals surface area contributed by atoms with E-state index in [0.717, 1.165) is 4.47 Å². The van der Waals surface area contributed by atoms with Gasteiger partial charge < -0.3 is 5.32 Å². The van der Waals surface area contributed by atoms with E-state index in [4.69, 9.17) is 0 Å². The van der Waals surface area contributed by atoms with Gasteiger partial charge in [0, 0.05) is 38.0 Å². The molecule has 0 bridgehead atoms. The standard InChI is InChI=1S/C19H13Br2N3O5S/c20-13-5-7-14(8-6-13)23-30(28,29)18-10-12(4-9-17(18)21)19(25)22-15-2-1-3-16(11-15)24(26)27/h1-11,23H,(H,22,25). The maximum absolute atomic E-state index is 12.8. The zero-order valence-electron chi connectivity index (χ0n) is 15.0. The van der Waals surface area contributed by atoms with Crippen molar-refractivity contribution in [2.75, 3.05) is 10.0 Å². The Balaban J connectivity index is 1.87. The lowest BCUT2D eigenvalue weighted by molar-refractivity contribution is -0.384. The van der Waals surface area contributed by atoms with Gasteiger partial charge in [-0.2, -0.15) is 0 Å². The lowest BCUT2D eigenvalue weighted by atomic mass is 10.2. The first-order valence-corrected chi connectivity index (χ1v) is 11.4. The van der Waals surface area contributed by atoms with Gasteiger partial charge in [0.2, 0.25) is 0 Å². The van der Waals surface area contributed by atoms with E-state index in [1.54, 1.807) is 24.3 Å². The average Bonchev–Trinajstić information content (AvgIpc) is 2.70. The summed E-state index contributed by atoms with van der Waals surface area (Å²) >= 11 is 6.48. The monoisotopic (exact) mass is 553 g/mol. The summed E-state index contributed by atoms with van der Waals surface area (Å²) in [7, 11) is -3.99. The van der Waals surface area contributed by atoms with Crippen molar-refractivity contribution in [3.8, 4) is 0 Å². The van der Waals surface area contributed by atoms with Crippen LogP contribution in [0.15, 0.2) is 80.6 Å². The Bertz CT molecular complexity index is 1230. The molecule has 0 aliphatic heterocycles. The molecule has 2 N–H and O–H groups in total. The van der Waals surface area contributed by atoms with Gasteiger partial charge in [-0.15, -0.1) is 0 Å². The molecule has 11 heteroatoms. The Morgan fingerprint density at radius 2 is 1.63 bits per heavy atom. The Morgan fingerprint density at radius 1 is 0.933 bits per heavy atom. The number of carbonyl (C=O) groups excluding carboxylic acids is 1. The second-order valence-electron chi connectivity index (χ2n) is 6.02. The fourth-order valence-corrected chi connectivity index (χ4v) is 4.79. The van der Waals surface area contributed by atoms with Crippen LogP contribution in [-0.2, 0) is 10.0 Å². The molecule has 0 fully saturated rings. The van der Waals surface area contributed by atoms with Gasteiger partial charge in [0.25, 0.3) is 21.6 Å². The maximum atomic E-state index is 12.8. The van der Waals surface area contributed by atoms with Crippen LogP contribution in [0, 0.1) is 10.1 Å². The molecule has 0 spiro atoms. The van der Waals surface area contributed by atoms with Crippen LogP contribution < -0.4 is 10.0 Å². The van der Waals surface area contributed by atoms with E-state index in [1.165, 1.54) is 42.5 Å². The number of non-ortho nitro benzene ring substituents is 1. The third-order valence-corrected chi connectivity index (χ3v) is 6.80. The molecule has 0 aliphatic rings. The van der Waals surface area contributed by atoms with E-state index in [2.05, 4.69) is 41.9 Å². The van der Waals surface area contributed by atoms with Crippen LogP contribution in [0.4, 0.5) is 17.1 Å². The van der Waals surface area contributed by atoms with Crippen LogP contribution in [0.1, 0.15) is 10.4 Å². The number of rotatable bonds is 6. The number of amides is 1. The molecule has 0 saturated heterocycles. The Labute approximate surface area is 188 Å². The fourth-order valence-electron chi connectivity index (χ4n) is 2.48. The van der Waals surface area contributed by atoms with Crippen molar-refractivity contribution in [3.63, 3.8) is 0 Å². The molecule has 154 valence electrons. The number of sulfonamides is 1. The molecule has 8 nitrogen and oxygen atoms in total. The third-order valence-electron chi connectivity index (χ3n) is 3.89. The van der Waals surface area contributed by atoms with Crippen LogP contribution in [0.2, 0.25) is 0 Å². The van der Waals surface area contributed by atoms with Gasteiger partial charge in [-0.3, -0.25) is 19.6 Å². The molecule has 0 heterocycles. The van der Waals surface area contributed by atoms with Crippen molar-refractivity contribution < 1.29 is 18.1 Å². The average molecular weight is 555 g/mol. The van der Waals surface area contributed by atoms with Gasteiger partial charge >= 0.3 is 0 Å². The molecule has 0 atom stereocenters. The minimum Gasteiger partial charge on any atom is -0.322 e. The third kappa shape index (κ3) is 5.23. The molecule has 3 aromatic carbocycles. The topological polar surface area (TPSA) is 118 Å². The number of nitro groups is 1. The molecular formula is C19H13Br2N3O5S. The zero-order valence-corrected chi connectivity index (χ0v) is 19.0. The molecule has 0 aromatic heterocycles. The van der Waals surface area contributed by atoms with Gasteiger partial charge in [-0.1, -0.05) is 22.0 Å². The number of benzene rings is 3. The Hall–Kier alpha value is -2.76. The van der Waals surface area contributed by atoms with Crippen molar-refractivity contribution in [2.24, 2.45) is 0 Å². The highest BCUT2D eigenvalue weighted by Crippen LogP contribution is 2.27. The van der Waals surface area contributed by atoms with Crippen molar-refractivity contribution in [1.29, 1.82) is 0 Å².